The second-order valence-electron chi connectivity index (χ2n) is 7.94. The molecule has 30 heavy (non-hydrogen) atoms. The molecule has 0 aliphatic carbocycles. The van der Waals surface area contributed by atoms with Gasteiger partial charge in [0.15, 0.2) is 0 Å². The number of hydrogen-bond donors (Lipinski definition) is 1. The van der Waals surface area contributed by atoms with Crippen molar-refractivity contribution in [3.63, 3.8) is 0 Å². The zero-order valence-corrected chi connectivity index (χ0v) is 17.4. The predicted octanol–water partition coefficient (Wildman–Crippen LogP) is 3.47. The van der Waals surface area contributed by atoms with Crippen LogP contribution in [0.2, 0.25) is 0 Å². The van der Waals surface area contributed by atoms with Gasteiger partial charge < -0.3 is 9.88 Å². The van der Waals surface area contributed by atoms with Gasteiger partial charge in [-0.3, -0.25) is 9.10 Å². The van der Waals surface area contributed by atoms with E-state index in [0.717, 1.165) is 36.1 Å². The van der Waals surface area contributed by atoms with Crippen LogP contribution in [0, 0.1) is 0 Å². The Labute approximate surface area is 175 Å². The lowest BCUT2D eigenvalue weighted by Gasteiger charge is -2.29. The maximum atomic E-state index is 13.4. The molecule has 3 heterocycles. The summed E-state index contributed by atoms with van der Waals surface area (Å²) in [7, 11) is -3.31. The molecule has 1 aromatic heterocycles. The summed E-state index contributed by atoms with van der Waals surface area (Å²) < 4.78 is 26.4. The van der Waals surface area contributed by atoms with Crippen molar-refractivity contribution in [3.05, 3.63) is 59.9 Å². The van der Waals surface area contributed by atoms with Gasteiger partial charge in [0.05, 0.1) is 28.5 Å². The van der Waals surface area contributed by atoms with E-state index in [0.29, 0.717) is 30.8 Å². The van der Waals surface area contributed by atoms with Crippen LogP contribution in [0.5, 0.6) is 0 Å². The third-order valence-electron chi connectivity index (χ3n) is 5.97. The van der Waals surface area contributed by atoms with Crippen LogP contribution in [0.1, 0.15) is 47.9 Å². The summed E-state index contributed by atoms with van der Waals surface area (Å²) in [5.74, 6) is 0.872. The average molecular weight is 425 g/mol. The zero-order chi connectivity index (χ0) is 20.7. The van der Waals surface area contributed by atoms with E-state index >= 15 is 0 Å². The molecule has 5 rings (SSSR count). The number of nitrogens with zero attached hydrogens (tertiary/aromatic N) is 3. The lowest BCUT2D eigenvalue weighted by atomic mass is 10.1. The van der Waals surface area contributed by atoms with Crippen molar-refractivity contribution in [2.75, 3.05) is 23.1 Å². The average Bonchev–Trinajstić information content (AvgIpc) is 3.39. The number of benzene rings is 2. The van der Waals surface area contributed by atoms with E-state index < -0.39 is 10.0 Å². The Bertz CT molecular complexity index is 1170. The lowest BCUT2D eigenvalue weighted by Crippen LogP contribution is -2.38. The van der Waals surface area contributed by atoms with Crippen molar-refractivity contribution < 1.29 is 13.2 Å². The largest absolute Gasteiger partial charge is 0.340 e. The molecular weight excluding hydrogens is 400 g/mol. The number of amides is 1. The molecule has 3 aromatic rings. The minimum atomic E-state index is -3.31. The van der Waals surface area contributed by atoms with Crippen LogP contribution < -0.4 is 4.31 Å². The highest BCUT2D eigenvalue weighted by atomic mass is 32.2. The van der Waals surface area contributed by atoms with Gasteiger partial charge >= 0.3 is 0 Å². The summed E-state index contributed by atoms with van der Waals surface area (Å²) in [6, 6.07) is 14.7. The van der Waals surface area contributed by atoms with E-state index in [1.54, 1.807) is 24.3 Å². The summed E-state index contributed by atoms with van der Waals surface area (Å²) in [6.45, 7) is 1.12. The third-order valence-corrected chi connectivity index (χ3v) is 7.84. The van der Waals surface area contributed by atoms with Crippen LogP contribution >= 0.6 is 0 Å². The first-order valence-corrected chi connectivity index (χ1v) is 12.0. The van der Waals surface area contributed by atoms with E-state index in [1.807, 2.05) is 29.2 Å². The maximum Gasteiger partial charge on any atom is 0.254 e. The van der Waals surface area contributed by atoms with E-state index in [-0.39, 0.29) is 17.7 Å². The minimum absolute atomic E-state index is 0.0887. The lowest BCUT2D eigenvalue weighted by molar-refractivity contribution is 0.0730. The number of fused-ring (bicyclic) bond motifs is 1. The summed E-state index contributed by atoms with van der Waals surface area (Å²) in [6.07, 6.45) is 3.28. The van der Waals surface area contributed by atoms with Crippen LogP contribution in [0.4, 0.5) is 5.69 Å². The normalized spacial score (nSPS) is 21.3. The van der Waals surface area contributed by atoms with Gasteiger partial charge in [-0.2, -0.15) is 0 Å². The Balaban J connectivity index is 1.44. The van der Waals surface area contributed by atoms with E-state index in [2.05, 4.69) is 4.98 Å². The number of aromatic nitrogens is 2. The SMILES string of the molecule is O=C(c1cccc(N2CCCCS2(=O)=O)c1)N1CCC[C@@H]1c1nc2ccccc2[nH]1. The molecule has 0 saturated carbocycles. The quantitative estimate of drug-likeness (QED) is 0.698. The number of imidazole rings is 1. The van der Waals surface area contributed by atoms with Gasteiger partial charge in [-0.25, -0.2) is 13.4 Å². The van der Waals surface area contributed by atoms with Crippen molar-refractivity contribution in [2.24, 2.45) is 0 Å². The Kier molecular flexibility index (Phi) is 4.73. The fourth-order valence-corrected chi connectivity index (χ4v) is 6.09. The van der Waals surface area contributed by atoms with Crippen LogP contribution in [-0.2, 0) is 10.0 Å². The highest BCUT2D eigenvalue weighted by Crippen LogP contribution is 2.33. The second kappa shape index (κ2) is 7.43. The highest BCUT2D eigenvalue weighted by Gasteiger charge is 2.33. The fraction of sp³-hybridized carbons (Fsp3) is 0.364. The number of para-hydroxylation sites is 2. The molecule has 0 bridgehead atoms. The van der Waals surface area contributed by atoms with Crippen LogP contribution in [-0.4, -0.2) is 48.0 Å². The van der Waals surface area contributed by atoms with Gasteiger partial charge in [-0.05, 0) is 56.0 Å². The van der Waals surface area contributed by atoms with E-state index in [1.165, 1.54) is 4.31 Å². The monoisotopic (exact) mass is 424 g/mol. The van der Waals surface area contributed by atoms with Crippen LogP contribution in [0.3, 0.4) is 0 Å². The number of aromatic amines is 1. The van der Waals surface area contributed by atoms with Crippen LogP contribution in [0.15, 0.2) is 48.5 Å². The van der Waals surface area contributed by atoms with Gasteiger partial charge in [0.25, 0.3) is 5.91 Å². The molecule has 2 fully saturated rings. The van der Waals surface area contributed by atoms with Crippen molar-refractivity contribution >= 4 is 32.7 Å². The number of hydrogen-bond acceptors (Lipinski definition) is 4. The molecule has 2 aliphatic heterocycles. The van der Waals surface area contributed by atoms with Crippen molar-refractivity contribution in [1.29, 1.82) is 0 Å². The number of carbonyl (C=O) groups excluding carboxylic acids is 1. The number of rotatable bonds is 3. The Hall–Kier alpha value is -2.87. The van der Waals surface area contributed by atoms with Gasteiger partial charge in [0.1, 0.15) is 5.82 Å². The number of sulfonamides is 1. The predicted molar refractivity (Wildman–Crippen MR) is 116 cm³/mol. The number of carbonyl (C=O) groups is 1. The van der Waals surface area contributed by atoms with Gasteiger partial charge in [0, 0.05) is 18.7 Å². The molecule has 2 aliphatic rings. The van der Waals surface area contributed by atoms with Crippen molar-refractivity contribution in [2.45, 2.75) is 31.7 Å². The molecule has 2 saturated heterocycles. The summed E-state index contributed by atoms with van der Waals surface area (Å²) >= 11 is 0. The first-order chi connectivity index (χ1) is 14.5. The molecule has 0 spiro atoms. The highest BCUT2D eigenvalue weighted by molar-refractivity contribution is 7.92. The molecule has 1 N–H and O–H groups in total. The number of H-pyrrole nitrogens is 1. The standard InChI is InChI=1S/C22H24N4O3S/c27-22(16-7-5-8-17(15-16)26-13-3-4-14-30(26,28)29)25-12-6-11-20(25)21-23-18-9-1-2-10-19(18)24-21/h1-2,5,7-10,15,20H,3-4,6,11-14H2,(H,23,24)/t20-/m1/s1. The number of nitrogens with one attached hydrogen (secondary N) is 1. The zero-order valence-electron chi connectivity index (χ0n) is 16.6. The molecule has 2 aromatic carbocycles. The first kappa shape index (κ1) is 19.1. The molecule has 1 amide bonds. The first-order valence-electron chi connectivity index (χ1n) is 10.4. The number of likely N-dealkylation sites (tertiary alicyclic amines) is 1. The summed E-state index contributed by atoms with van der Waals surface area (Å²) in [5.41, 5.74) is 2.93. The van der Waals surface area contributed by atoms with E-state index in [4.69, 9.17) is 4.98 Å². The molecule has 156 valence electrons. The van der Waals surface area contributed by atoms with E-state index in [9.17, 15) is 13.2 Å². The Morgan fingerprint density at radius 2 is 1.90 bits per heavy atom. The molecule has 8 heteroatoms. The molecular formula is C22H24N4O3S. The molecule has 1 atom stereocenters. The van der Waals surface area contributed by atoms with Crippen LogP contribution in [0.25, 0.3) is 11.0 Å². The van der Waals surface area contributed by atoms with Gasteiger partial charge in [0.2, 0.25) is 10.0 Å². The Morgan fingerprint density at radius 3 is 2.73 bits per heavy atom. The molecule has 7 nitrogen and oxygen atoms in total. The third kappa shape index (κ3) is 3.35. The van der Waals surface area contributed by atoms with Crippen molar-refractivity contribution in [3.8, 4) is 0 Å². The summed E-state index contributed by atoms with van der Waals surface area (Å²) in [5, 5.41) is 0. The summed E-state index contributed by atoms with van der Waals surface area (Å²) in [4.78, 5) is 23.3. The topological polar surface area (TPSA) is 86.4 Å². The molecule has 0 radical (unpaired) electrons. The fourth-order valence-electron chi connectivity index (χ4n) is 4.46. The van der Waals surface area contributed by atoms with Gasteiger partial charge in [-0.1, -0.05) is 18.2 Å². The Morgan fingerprint density at radius 1 is 1.03 bits per heavy atom. The second-order valence-corrected chi connectivity index (χ2v) is 9.95. The smallest absolute Gasteiger partial charge is 0.254 e. The van der Waals surface area contributed by atoms with Crippen molar-refractivity contribution in [1.82, 2.24) is 14.9 Å². The van der Waals surface area contributed by atoms with Gasteiger partial charge in [-0.15, -0.1) is 0 Å². The minimum Gasteiger partial charge on any atom is -0.340 e. The molecule has 0 unspecified atom stereocenters. The maximum absolute atomic E-state index is 13.4. The number of anilines is 1.